The molecule has 1 aromatic heterocycles. The number of nitrogens with zero attached hydrogens (tertiary/aromatic N) is 3. The highest BCUT2D eigenvalue weighted by atomic mass is 16.5. The second-order valence-electron chi connectivity index (χ2n) is 6.32. The van der Waals surface area contributed by atoms with E-state index in [2.05, 4.69) is 23.1 Å². The highest BCUT2D eigenvalue weighted by molar-refractivity contribution is 5.24. The molecule has 0 N–H and O–H groups in total. The van der Waals surface area contributed by atoms with Gasteiger partial charge >= 0.3 is 0 Å². The second-order valence-corrected chi connectivity index (χ2v) is 6.32. The van der Waals surface area contributed by atoms with Gasteiger partial charge in [-0.05, 0) is 25.7 Å². The fourth-order valence-corrected chi connectivity index (χ4v) is 3.55. The summed E-state index contributed by atoms with van der Waals surface area (Å²) in [4.78, 5) is 2.59. The van der Waals surface area contributed by atoms with Gasteiger partial charge in [0.05, 0.1) is 12.3 Å². The SMILES string of the molecule is CCOCC1CN(CC2CCOCC2)Cc2cn(C)nc21. The van der Waals surface area contributed by atoms with E-state index in [0.717, 1.165) is 45.4 Å². The molecule has 1 fully saturated rings. The van der Waals surface area contributed by atoms with Crippen LogP contribution < -0.4 is 0 Å². The van der Waals surface area contributed by atoms with Gasteiger partial charge in [-0.2, -0.15) is 5.10 Å². The zero-order valence-corrected chi connectivity index (χ0v) is 13.3. The predicted molar refractivity (Wildman–Crippen MR) is 81.3 cm³/mol. The average Bonchev–Trinajstić information content (AvgIpc) is 2.86. The molecular formula is C16H27N3O2. The van der Waals surface area contributed by atoms with Crippen LogP contribution in [-0.4, -0.2) is 54.2 Å². The summed E-state index contributed by atoms with van der Waals surface area (Å²) in [5.74, 6) is 1.19. The van der Waals surface area contributed by atoms with E-state index in [0.29, 0.717) is 5.92 Å². The predicted octanol–water partition coefficient (Wildman–Crippen LogP) is 1.78. The van der Waals surface area contributed by atoms with Gasteiger partial charge in [0.2, 0.25) is 0 Å². The number of fused-ring (bicyclic) bond motifs is 1. The Hall–Kier alpha value is -0.910. The standard InChI is InChI=1S/C16H27N3O2/c1-3-20-12-15-11-19(8-13-4-6-21-7-5-13)10-14-9-18(2)17-16(14)15/h9,13,15H,3-8,10-12H2,1-2H3. The third-order valence-corrected chi connectivity index (χ3v) is 4.58. The summed E-state index contributed by atoms with van der Waals surface area (Å²) in [6.07, 6.45) is 4.57. The fourth-order valence-electron chi connectivity index (χ4n) is 3.55. The van der Waals surface area contributed by atoms with Crippen LogP contribution in [0.2, 0.25) is 0 Å². The maximum Gasteiger partial charge on any atom is 0.0736 e. The van der Waals surface area contributed by atoms with E-state index in [1.165, 1.54) is 30.6 Å². The van der Waals surface area contributed by atoms with Gasteiger partial charge in [-0.1, -0.05) is 0 Å². The van der Waals surface area contributed by atoms with Gasteiger partial charge < -0.3 is 9.47 Å². The van der Waals surface area contributed by atoms with Crippen molar-refractivity contribution in [1.82, 2.24) is 14.7 Å². The number of rotatable bonds is 5. The number of aromatic nitrogens is 2. The number of aryl methyl sites for hydroxylation is 1. The van der Waals surface area contributed by atoms with E-state index in [4.69, 9.17) is 9.47 Å². The Labute approximate surface area is 127 Å². The highest BCUT2D eigenvalue weighted by Crippen LogP contribution is 2.29. The lowest BCUT2D eigenvalue weighted by molar-refractivity contribution is 0.0444. The molecule has 0 aliphatic carbocycles. The summed E-state index contributed by atoms with van der Waals surface area (Å²) >= 11 is 0. The summed E-state index contributed by atoms with van der Waals surface area (Å²) in [7, 11) is 2.01. The van der Waals surface area contributed by atoms with Gasteiger partial charge in [-0.3, -0.25) is 9.58 Å². The van der Waals surface area contributed by atoms with Crippen LogP contribution in [0.15, 0.2) is 6.20 Å². The number of hydrogen-bond donors (Lipinski definition) is 0. The van der Waals surface area contributed by atoms with E-state index in [9.17, 15) is 0 Å². The lowest BCUT2D eigenvalue weighted by Crippen LogP contribution is -2.39. The van der Waals surface area contributed by atoms with E-state index in [-0.39, 0.29) is 0 Å². The van der Waals surface area contributed by atoms with Crippen LogP contribution >= 0.6 is 0 Å². The topological polar surface area (TPSA) is 39.5 Å². The minimum absolute atomic E-state index is 0.412. The first kappa shape index (κ1) is 15.0. The van der Waals surface area contributed by atoms with Crippen molar-refractivity contribution < 1.29 is 9.47 Å². The minimum atomic E-state index is 0.412. The molecule has 5 heteroatoms. The molecule has 2 aliphatic heterocycles. The maximum absolute atomic E-state index is 5.68. The summed E-state index contributed by atoms with van der Waals surface area (Å²) in [6, 6.07) is 0. The van der Waals surface area contributed by atoms with Crippen LogP contribution in [0.5, 0.6) is 0 Å². The molecule has 3 heterocycles. The Morgan fingerprint density at radius 3 is 2.95 bits per heavy atom. The van der Waals surface area contributed by atoms with Gasteiger partial charge in [-0.25, -0.2) is 0 Å². The quantitative estimate of drug-likeness (QED) is 0.829. The average molecular weight is 293 g/mol. The smallest absolute Gasteiger partial charge is 0.0736 e. The largest absolute Gasteiger partial charge is 0.381 e. The molecule has 0 amide bonds. The van der Waals surface area contributed by atoms with Crippen LogP contribution in [0, 0.1) is 5.92 Å². The summed E-state index contributed by atoms with van der Waals surface area (Å²) < 4.78 is 13.1. The zero-order valence-electron chi connectivity index (χ0n) is 13.3. The normalized spacial score (nSPS) is 24.2. The van der Waals surface area contributed by atoms with Crippen LogP contribution in [0.3, 0.4) is 0 Å². The van der Waals surface area contributed by atoms with Gasteiger partial charge in [-0.15, -0.1) is 0 Å². The van der Waals surface area contributed by atoms with E-state index in [1.54, 1.807) is 0 Å². The summed E-state index contributed by atoms with van der Waals surface area (Å²) in [5.41, 5.74) is 2.62. The molecule has 0 aromatic carbocycles. The van der Waals surface area contributed by atoms with Gasteiger partial charge in [0.15, 0.2) is 0 Å². The minimum Gasteiger partial charge on any atom is -0.381 e. The van der Waals surface area contributed by atoms with Crippen molar-refractivity contribution in [3.8, 4) is 0 Å². The molecule has 1 atom stereocenters. The molecule has 1 unspecified atom stereocenters. The summed E-state index contributed by atoms with van der Waals surface area (Å²) in [5, 5.41) is 4.66. The number of hydrogen-bond acceptors (Lipinski definition) is 4. The van der Waals surface area contributed by atoms with Gasteiger partial charge in [0, 0.05) is 64.2 Å². The molecule has 0 spiro atoms. The first-order chi connectivity index (χ1) is 10.3. The van der Waals surface area contributed by atoms with Crippen molar-refractivity contribution in [2.24, 2.45) is 13.0 Å². The molecule has 0 bridgehead atoms. The van der Waals surface area contributed by atoms with E-state index in [1.807, 2.05) is 11.7 Å². The van der Waals surface area contributed by atoms with Crippen molar-refractivity contribution in [1.29, 1.82) is 0 Å². The van der Waals surface area contributed by atoms with Crippen molar-refractivity contribution >= 4 is 0 Å². The molecule has 1 saturated heterocycles. The Bertz CT molecular complexity index is 454. The van der Waals surface area contributed by atoms with Crippen LogP contribution in [0.1, 0.15) is 36.9 Å². The molecule has 21 heavy (non-hydrogen) atoms. The lowest BCUT2D eigenvalue weighted by atomic mass is 9.94. The van der Waals surface area contributed by atoms with Crippen LogP contribution in [0.4, 0.5) is 0 Å². The Kier molecular flexibility index (Phi) is 4.93. The van der Waals surface area contributed by atoms with Crippen molar-refractivity contribution in [2.75, 3.05) is 39.5 Å². The lowest BCUT2D eigenvalue weighted by Gasteiger charge is -2.35. The fraction of sp³-hybridized carbons (Fsp3) is 0.812. The molecule has 5 nitrogen and oxygen atoms in total. The molecule has 1 aromatic rings. The van der Waals surface area contributed by atoms with E-state index >= 15 is 0 Å². The van der Waals surface area contributed by atoms with E-state index < -0.39 is 0 Å². The molecule has 118 valence electrons. The summed E-state index contributed by atoms with van der Waals surface area (Å²) in [6.45, 7) is 8.76. The zero-order chi connectivity index (χ0) is 14.7. The molecular weight excluding hydrogens is 266 g/mol. The molecule has 2 aliphatic rings. The Morgan fingerprint density at radius 1 is 1.38 bits per heavy atom. The van der Waals surface area contributed by atoms with Crippen molar-refractivity contribution in [3.05, 3.63) is 17.5 Å². The maximum atomic E-state index is 5.68. The number of ether oxygens (including phenoxy) is 2. The first-order valence-electron chi connectivity index (χ1n) is 8.16. The van der Waals surface area contributed by atoms with Gasteiger partial charge in [0.25, 0.3) is 0 Å². The third-order valence-electron chi connectivity index (χ3n) is 4.58. The third kappa shape index (κ3) is 3.65. The Balaban J connectivity index is 1.67. The van der Waals surface area contributed by atoms with Crippen LogP contribution in [0.25, 0.3) is 0 Å². The Morgan fingerprint density at radius 2 is 2.19 bits per heavy atom. The van der Waals surface area contributed by atoms with Crippen molar-refractivity contribution in [3.63, 3.8) is 0 Å². The second kappa shape index (κ2) is 6.90. The molecule has 0 saturated carbocycles. The van der Waals surface area contributed by atoms with Crippen LogP contribution in [-0.2, 0) is 23.1 Å². The van der Waals surface area contributed by atoms with Crippen molar-refractivity contribution in [2.45, 2.75) is 32.2 Å². The molecule has 3 rings (SSSR count). The monoisotopic (exact) mass is 293 g/mol. The first-order valence-corrected chi connectivity index (χ1v) is 8.16. The van der Waals surface area contributed by atoms with Gasteiger partial charge in [0.1, 0.15) is 0 Å². The molecule has 0 radical (unpaired) electrons. The highest BCUT2D eigenvalue weighted by Gasteiger charge is 2.29.